The molecule has 0 spiro atoms. The minimum absolute atomic E-state index is 0.160. The highest BCUT2D eigenvalue weighted by molar-refractivity contribution is 8.00. The molecule has 7 heteroatoms. The van der Waals surface area contributed by atoms with Gasteiger partial charge in [0.25, 0.3) is 0 Å². The molecule has 0 bridgehead atoms. The lowest BCUT2D eigenvalue weighted by molar-refractivity contribution is -0.113. The molecule has 0 atom stereocenters. The highest BCUT2D eigenvalue weighted by Gasteiger charge is 2.09. The summed E-state index contributed by atoms with van der Waals surface area (Å²) in [6.07, 6.45) is 0. The van der Waals surface area contributed by atoms with Crippen LogP contribution in [0.4, 0.5) is 10.1 Å². The van der Waals surface area contributed by atoms with Gasteiger partial charge in [-0.3, -0.25) is 4.79 Å². The van der Waals surface area contributed by atoms with Gasteiger partial charge in [0, 0.05) is 16.0 Å². The molecule has 0 unspecified atom stereocenters. The van der Waals surface area contributed by atoms with Crippen LogP contribution in [0, 0.1) is 5.82 Å². The molecular weight excluding hydrogens is 301 g/mol. The van der Waals surface area contributed by atoms with Crippen molar-refractivity contribution >= 4 is 40.7 Å². The Morgan fingerprint density at radius 2 is 2.00 bits per heavy atom. The van der Waals surface area contributed by atoms with Crippen LogP contribution in [0.25, 0.3) is 0 Å². The Morgan fingerprint density at radius 3 is 2.60 bits per heavy atom. The average Bonchev–Trinajstić information content (AvgIpc) is 2.88. The van der Waals surface area contributed by atoms with Crippen LogP contribution in [0.2, 0.25) is 0 Å². The molecule has 20 heavy (non-hydrogen) atoms. The number of carbonyl (C=O) groups is 2. The van der Waals surface area contributed by atoms with Crippen LogP contribution in [0.3, 0.4) is 0 Å². The van der Waals surface area contributed by atoms with Crippen LogP contribution in [0.15, 0.2) is 40.6 Å². The van der Waals surface area contributed by atoms with Crippen molar-refractivity contribution in [1.29, 1.82) is 0 Å². The summed E-state index contributed by atoms with van der Waals surface area (Å²) in [7, 11) is 0. The summed E-state index contributed by atoms with van der Waals surface area (Å²) < 4.78 is 12.7. The van der Waals surface area contributed by atoms with Gasteiger partial charge >= 0.3 is 5.97 Å². The zero-order valence-corrected chi connectivity index (χ0v) is 11.8. The number of rotatable bonds is 5. The van der Waals surface area contributed by atoms with Gasteiger partial charge in [0.05, 0.1) is 5.75 Å². The Balaban J connectivity index is 1.85. The lowest BCUT2D eigenvalue weighted by Crippen LogP contribution is -2.13. The number of thioether (sulfide) groups is 1. The van der Waals surface area contributed by atoms with Gasteiger partial charge in [0.15, 0.2) is 0 Å². The number of thiophene rings is 1. The minimum Gasteiger partial charge on any atom is -0.477 e. The van der Waals surface area contributed by atoms with E-state index in [4.69, 9.17) is 5.11 Å². The summed E-state index contributed by atoms with van der Waals surface area (Å²) in [5, 5.41) is 13.1. The van der Waals surface area contributed by atoms with Crippen LogP contribution >= 0.6 is 23.1 Å². The molecule has 2 aromatic rings. The van der Waals surface area contributed by atoms with Gasteiger partial charge in [-0.2, -0.15) is 0 Å². The number of benzene rings is 1. The van der Waals surface area contributed by atoms with Crippen molar-refractivity contribution < 1.29 is 19.1 Å². The van der Waals surface area contributed by atoms with Gasteiger partial charge in [-0.25, -0.2) is 9.18 Å². The normalized spacial score (nSPS) is 10.2. The summed E-state index contributed by atoms with van der Waals surface area (Å²) in [4.78, 5) is 23.4. The predicted octanol–water partition coefficient (Wildman–Crippen LogP) is 3.32. The molecule has 0 fully saturated rings. The van der Waals surface area contributed by atoms with Gasteiger partial charge < -0.3 is 10.4 Å². The van der Waals surface area contributed by atoms with Gasteiger partial charge in [-0.05, 0) is 30.3 Å². The van der Waals surface area contributed by atoms with Crippen LogP contribution in [0.5, 0.6) is 0 Å². The number of carbonyl (C=O) groups excluding carboxylic acids is 1. The largest absolute Gasteiger partial charge is 0.477 e. The quantitative estimate of drug-likeness (QED) is 0.831. The molecule has 2 N–H and O–H groups in total. The molecule has 0 radical (unpaired) electrons. The molecule has 2 rings (SSSR count). The third-order valence-corrected chi connectivity index (χ3v) is 4.33. The van der Waals surface area contributed by atoms with Crippen molar-refractivity contribution in [3.05, 3.63) is 46.4 Å². The molecular formula is C13H10FNO3S2. The van der Waals surface area contributed by atoms with Gasteiger partial charge in [0.2, 0.25) is 5.91 Å². The summed E-state index contributed by atoms with van der Waals surface area (Å²) in [6, 6.07) is 7.01. The number of hydrogen-bond donors (Lipinski definition) is 2. The van der Waals surface area contributed by atoms with Crippen LogP contribution in [0.1, 0.15) is 9.67 Å². The molecule has 1 aromatic heterocycles. The summed E-state index contributed by atoms with van der Waals surface area (Å²) in [5.74, 6) is -1.41. The second-order valence-corrected chi connectivity index (χ2v) is 5.76. The first-order chi connectivity index (χ1) is 9.54. The SMILES string of the molecule is O=C(CSc1csc(C(=O)O)c1)Nc1ccc(F)cc1. The molecule has 104 valence electrons. The number of carboxylic acid groups (broad SMARTS) is 1. The number of hydrogen-bond acceptors (Lipinski definition) is 4. The highest BCUT2D eigenvalue weighted by atomic mass is 32.2. The summed E-state index contributed by atoms with van der Waals surface area (Å²) in [5.41, 5.74) is 0.522. The molecule has 1 amide bonds. The van der Waals surface area contributed by atoms with E-state index in [0.717, 1.165) is 16.2 Å². The van der Waals surface area contributed by atoms with Crippen molar-refractivity contribution in [2.45, 2.75) is 4.90 Å². The second kappa shape index (κ2) is 6.53. The third kappa shape index (κ3) is 4.07. The van der Waals surface area contributed by atoms with E-state index in [2.05, 4.69) is 5.32 Å². The molecule has 0 saturated heterocycles. The number of amides is 1. The standard InChI is InChI=1S/C13H10FNO3S2/c14-8-1-3-9(4-2-8)15-12(16)7-19-10-5-11(13(17)18)20-6-10/h1-6H,7H2,(H,15,16)(H,17,18). The summed E-state index contributed by atoms with van der Waals surface area (Å²) in [6.45, 7) is 0. The third-order valence-electron chi connectivity index (χ3n) is 2.28. The zero-order valence-electron chi connectivity index (χ0n) is 10.1. The number of anilines is 1. The lowest BCUT2D eigenvalue weighted by Gasteiger charge is -2.04. The van der Waals surface area contributed by atoms with Crippen LogP contribution < -0.4 is 5.32 Å². The number of nitrogens with one attached hydrogen (secondary N) is 1. The maximum absolute atomic E-state index is 12.7. The Morgan fingerprint density at radius 1 is 1.30 bits per heavy atom. The van der Waals surface area contributed by atoms with E-state index >= 15 is 0 Å². The fourth-order valence-electron chi connectivity index (χ4n) is 1.39. The topological polar surface area (TPSA) is 66.4 Å². The average molecular weight is 311 g/mol. The number of aromatic carboxylic acids is 1. The second-order valence-electron chi connectivity index (χ2n) is 3.80. The van der Waals surface area contributed by atoms with E-state index in [1.807, 2.05) is 0 Å². The smallest absolute Gasteiger partial charge is 0.345 e. The Hall–Kier alpha value is -1.86. The van der Waals surface area contributed by atoms with Crippen molar-refractivity contribution in [1.82, 2.24) is 0 Å². The lowest BCUT2D eigenvalue weighted by atomic mass is 10.3. The first kappa shape index (κ1) is 14.5. The van der Waals surface area contributed by atoms with E-state index in [1.165, 1.54) is 42.1 Å². The van der Waals surface area contributed by atoms with Gasteiger partial charge in [-0.15, -0.1) is 23.1 Å². The highest BCUT2D eigenvalue weighted by Crippen LogP contribution is 2.25. The Bertz CT molecular complexity index is 625. The van der Waals surface area contributed by atoms with Crippen molar-refractivity contribution in [3.63, 3.8) is 0 Å². The van der Waals surface area contributed by atoms with Gasteiger partial charge in [0.1, 0.15) is 10.7 Å². The van der Waals surface area contributed by atoms with E-state index in [0.29, 0.717) is 5.69 Å². The monoisotopic (exact) mass is 311 g/mol. The van der Waals surface area contributed by atoms with E-state index in [9.17, 15) is 14.0 Å². The van der Waals surface area contributed by atoms with E-state index in [1.54, 1.807) is 5.38 Å². The maximum Gasteiger partial charge on any atom is 0.345 e. The molecule has 0 aliphatic rings. The maximum atomic E-state index is 12.7. The molecule has 1 heterocycles. The molecule has 1 aromatic carbocycles. The fraction of sp³-hybridized carbons (Fsp3) is 0.0769. The van der Waals surface area contributed by atoms with E-state index in [-0.39, 0.29) is 22.4 Å². The number of halogens is 1. The first-order valence-corrected chi connectivity index (χ1v) is 7.41. The van der Waals surface area contributed by atoms with Crippen LogP contribution in [-0.4, -0.2) is 22.7 Å². The Kier molecular flexibility index (Phi) is 4.75. The molecule has 0 aliphatic heterocycles. The Labute approximate surface area is 122 Å². The summed E-state index contributed by atoms with van der Waals surface area (Å²) >= 11 is 2.37. The minimum atomic E-state index is -0.974. The van der Waals surface area contributed by atoms with Gasteiger partial charge in [-0.1, -0.05) is 0 Å². The van der Waals surface area contributed by atoms with Crippen LogP contribution in [-0.2, 0) is 4.79 Å². The van der Waals surface area contributed by atoms with Crippen molar-refractivity contribution in [3.8, 4) is 0 Å². The first-order valence-electron chi connectivity index (χ1n) is 5.54. The van der Waals surface area contributed by atoms with E-state index < -0.39 is 5.97 Å². The van der Waals surface area contributed by atoms with Crippen molar-refractivity contribution in [2.24, 2.45) is 0 Å². The zero-order chi connectivity index (χ0) is 14.5. The molecule has 0 saturated carbocycles. The predicted molar refractivity (Wildman–Crippen MR) is 77.0 cm³/mol. The van der Waals surface area contributed by atoms with Crippen molar-refractivity contribution in [2.75, 3.05) is 11.1 Å². The molecule has 4 nitrogen and oxygen atoms in total. The fourth-order valence-corrected chi connectivity index (χ4v) is 3.06. The molecule has 0 aliphatic carbocycles. The number of carboxylic acids is 1.